The van der Waals surface area contributed by atoms with Gasteiger partial charge in [0.1, 0.15) is 0 Å². The molecule has 8 rings (SSSR count). The first kappa shape index (κ1) is 27.8. The lowest BCUT2D eigenvalue weighted by molar-refractivity contribution is 0.596. The Labute approximate surface area is 270 Å². The molecule has 0 N–H and O–H groups in total. The number of para-hydroxylation sites is 2. The van der Waals surface area contributed by atoms with E-state index in [1.807, 2.05) is 18.2 Å². The van der Waals surface area contributed by atoms with Crippen LogP contribution in [0.2, 0.25) is 0 Å². The monoisotopic (exact) mass is 638 g/mol. The minimum absolute atomic E-state index is 0.257. The molecule has 1 aliphatic heterocycles. The van der Waals surface area contributed by atoms with E-state index in [1.165, 1.54) is 9.79 Å². The number of benzene rings is 5. The second-order valence-corrected chi connectivity index (χ2v) is 14.9. The lowest BCUT2D eigenvalue weighted by Gasteiger charge is -2.33. The molecule has 0 aliphatic carbocycles. The zero-order valence-corrected chi connectivity index (χ0v) is 26.7. The molecule has 5 aromatic carbocycles. The lowest BCUT2D eigenvalue weighted by atomic mass is 9.98. The highest BCUT2D eigenvalue weighted by Gasteiger charge is 2.27. The summed E-state index contributed by atoms with van der Waals surface area (Å²) in [5.41, 5.74) is 8.02. The molecule has 0 unspecified atom stereocenters. The Morgan fingerprint density at radius 2 is 1.29 bits per heavy atom. The highest BCUT2D eigenvalue weighted by Crippen LogP contribution is 2.53. The van der Waals surface area contributed by atoms with Crippen LogP contribution in [-0.2, 0) is 9.84 Å². The maximum atomic E-state index is 13.3. The first-order valence-corrected chi connectivity index (χ1v) is 17.7. The molecule has 3 heterocycles. The van der Waals surface area contributed by atoms with Crippen LogP contribution in [0.5, 0.6) is 0 Å². The Hall–Kier alpha value is -4.69. The third-order valence-corrected chi connectivity index (χ3v) is 11.9. The molecular formula is C38H26N2O2S3. The van der Waals surface area contributed by atoms with E-state index in [9.17, 15) is 8.42 Å². The van der Waals surface area contributed by atoms with Crippen LogP contribution in [0.25, 0.3) is 32.6 Å². The number of aromatic nitrogens is 1. The number of sulfone groups is 1. The largest absolute Gasteiger partial charge is 0.306 e. The van der Waals surface area contributed by atoms with Gasteiger partial charge < -0.3 is 4.90 Å². The maximum Gasteiger partial charge on any atom is 0.206 e. The SMILES string of the molecule is Cc1ccc(N2c3ccccc3Sc3ccccc32)c2nc(-c3ccc(S(=O)(=O)c4ccccc4)cc3)cc(-c3cccs3)c12. The predicted molar refractivity (Wildman–Crippen MR) is 186 cm³/mol. The summed E-state index contributed by atoms with van der Waals surface area (Å²) in [6.45, 7) is 2.14. The van der Waals surface area contributed by atoms with Gasteiger partial charge in [-0.1, -0.05) is 78.5 Å². The summed E-state index contributed by atoms with van der Waals surface area (Å²) in [5, 5.41) is 3.20. The van der Waals surface area contributed by atoms with Gasteiger partial charge in [-0.3, -0.25) is 0 Å². The minimum Gasteiger partial charge on any atom is -0.306 e. The van der Waals surface area contributed by atoms with Gasteiger partial charge in [0, 0.05) is 31.2 Å². The lowest BCUT2D eigenvalue weighted by Crippen LogP contribution is -2.15. The summed E-state index contributed by atoms with van der Waals surface area (Å²) >= 11 is 3.48. The molecule has 0 spiro atoms. The molecule has 0 bridgehead atoms. The number of aryl methyl sites for hydroxylation is 1. The molecular weight excluding hydrogens is 613 g/mol. The summed E-state index contributed by atoms with van der Waals surface area (Å²) < 4.78 is 26.6. The van der Waals surface area contributed by atoms with E-state index >= 15 is 0 Å². The zero-order valence-electron chi connectivity index (χ0n) is 24.2. The van der Waals surface area contributed by atoms with Crippen molar-refractivity contribution in [2.24, 2.45) is 0 Å². The number of pyridine rings is 1. The van der Waals surface area contributed by atoms with Gasteiger partial charge in [-0.2, -0.15) is 0 Å². The Morgan fingerprint density at radius 3 is 1.96 bits per heavy atom. The second kappa shape index (κ2) is 11.0. The van der Waals surface area contributed by atoms with Gasteiger partial charge in [0.15, 0.2) is 0 Å². The fourth-order valence-electron chi connectivity index (χ4n) is 5.96. The maximum absolute atomic E-state index is 13.3. The van der Waals surface area contributed by atoms with Gasteiger partial charge in [-0.15, -0.1) is 11.3 Å². The zero-order chi connectivity index (χ0) is 30.5. The normalized spacial score (nSPS) is 12.6. The minimum atomic E-state index is -3.63. The van der Waals surface area contributed by atoms with Gasteiger partial charge in [-0.25, -0.2) is 13.4 Å². The molecule has 0 radical (unpaired) electrons. The summed E-state index contributed by atoms with van der Waals surface area (Å²) in [6.07, 6.45) is 0. The standard InChI is InChI=1S/C38H26N2O2S3/c1-25-17-22-33(40-31-12-5-7-14-35(31)44-36-15-8-6-13-32(36)40)38-37(25)29(34-16-9-23-43-34)24-30(39-38)26-18-20-28(21-19-26)45(41,42)27-10-3-2-4-11-27/h2-24H,1H3. The number of fused-ring (bicyclic) bond motifs is 3. The number of nitrogens with zero attached hydrogens (tertiary/aromatic N) is 2. The van der Waals surface area contributed by atoms with Crippen LogP contribution in [-0.4, -0.2) is 13.4 Å². The van der Waals surface area contributed by atoms with Crippen molar-refractivity contribution in [1.82, 2.24) is 4.98 Å². The topological polar surface area (TPSA) is 50.3 Å². The summed E-state index contributed by atoms with van der Waals surface area (Å²) in [5.74, 6) is 0. The fourth-order valence-corrected chi connectivity index (χ4v) is 9.04. The van der Waals surface area contributed by atoms with Crippen molar-refractivity contribution < 1.29 is 8.42 Å². The molecule has 0 atom stereocenters. The van der Waals surface area contributed by atoms with Crippen LogP contribution in [0.3, 0.4) is 0 Å². The number of hydrogen-bond donors (Lipinski definition) is 0. The van der Waals surface area contributed by atoms with Crippen LogP contribution in [0.1, 0.15) is 5.56 Å². The third-order valence-electron chi connectivity index (χ3n) is 8.12. The molecule has 4 nitrogen and oxygen atoms in total. The molecule has 0 saturated carbocycles. The van der Waals surface area contributed by atoms with Crippen LogP contribution in [0.4, 0.5) is 17.1 Å². The Balaban J connectivity index is 1.35. The van der Waals surface area contributed by atoms with E-state index in [1.54, 1.807) is 59.5 Å². The van der Waals surface area contributed by atoms with E-state index in [0.717, 1.165) is 55.2 Å². The first-order valence-electron chi connectivity index (χ1n) is 14.5. The van der Waals surface area contributed by atoms with Gasteiger partial charge in [0.05, 0.1) is 38.1 Å². The predicted octanol–water partition coefficient (Wildman–Crippen LogP) is 10.7. The molecule has 45 heavy (non-hydrogen) atoms. The smallest absolute Gasteiger partial charge is 0.206 e. The third kappa shape index (κ3) is 4.75. The molecule has 0 fully saturated rings. The number of anilines is 3. The molecule has 218 valence electrons. The molecule has 0 amide bonds. The van der Waals surface area contributed by atoms with Crippen molar-refractivity contribution in [3.63, 3.8) is 0 Å². The van der Waals surface area contributed by atoms with E-state index < -0.39 is 9.84 Å². The summed E-state index contributed by atoms with van der Waals surface area (Å²) in [6, 6.07) is 43.3. The van der Waals surface area contributed by atoms with E-state index in [2.05, 4.69) is 96.1 Å². The van der Waals surface area contributed by atoms with Crippen LogP contribution < -0.4 is 4.90 Å². The average molecular weight is 639 g/mol. The van der Waals surface area contributed by atoms with E-state index in [0.29, 0.717) is 0 Å². The van der Waals surface area contributed by atoms with Crippen molar-refractivity contribution in [3.05, 3.63) is 144 Å². The summed E-state index contributed by atoms with van der Waals surface area (Å²) in [4.78, 5) is 11.8. The van der Waals surface area contributed by atoms with E-state index in [4.69, 9.17) is 4.98 Å². The molecule has 2 aromatic heterocycles. The van der Waals surface area contributed by atoms with Gasteiger partial charge in [0.25, 0.3) is 0 Å². The molecule has 7 heteroatoms. The molecule has 7 aromatic rings. The van der Waals surface area contributed by atoms with Crippen molar-refractivity contribution in [1.29, 1.82) is 0 Å². The van der Waals surface area contributed by atoms with Gasteiger partial charge in [-0.05, 0) is 84.6 Å². The number of thiophene rings is 1. The molecule has 1 aliphatic rings. The van der Waals surface area contributed by atoms with Crippen molar-refractivity contribution in [2.75, 3.05) is 4.90 Å². The summed E-state index contributed by atoms with van der Waals surface area (Å²) in [7, 11) is -3.63. The number of hydrogen-bond acceptors (Lipinski definition) is 6. The highest BCUT2D eigenvalue weighted by atomic mass is 32.2. The van der Waals surface area contributed by atoms with Crippen LogP contribution in [0, 0.1) is 6.92 Å². The van der Waals surface area contributed by atoms with Crippen LogP contribution in [0.15, 0.2) is 158 Å². The highest BCUT2D eigenvalue weighted by molar-refractivity contribution is 7.99. The Kier molecular flexibility index (Phi) is 6.82. The molecule has 0 saturated heterocycles. The van der Waals surface area contributed by atoms with E-state index in [-0.39, 0.29) is 9.79 Å². The second-order valence-electron chi connectivity index (χ2n) is 10.9. The van der Waals surface area contributed by atoms with Crippen LogP contribution >= 0.6 is 23.1 Å². The quantitative estimate of drug-likeness (QED) is 0.188. The number of rotatable bonds is 5. The Morgan fingerprint density at radius 1 is 0.644 bits per heavy atom. The average Bonchev–Trinajstić information content (AvgIpc) is 3.63. The Bertz CT molecular complexity index is 2270. The van der Waals surface area contributed by atoms with Crippen molar-refractivity contribution in [2.45, 2.75) is 26.5 Å². The first-order chi connectivity index (χ1) is 22.0. The van der Waals surface area contributed by atoms with Gasteiger partial charge >= 0.3 is 0 Å². The van der Waals surface area contributed by atoms with Gasteiger partial charge in [0.2, 0.25) is 9.84 Å². The fraction of sp³-hybridized carbons (Fsp3) is 0.0263. The van der Waals surface area contributed by atoms with Crippen molar-refractivity contribution >= 4 is 60.9 Å². The van der Waals surface area contributed by atoms with Crippen molar-refractivity contribution in [3.8, 4) is 21.7 Å².